The molecule has 0 radical (unpaired) electrons. The first kappa shape index (κ1) is 18.5. The van der Waals surface area contributed by atoms with Gasteiger partial charge in [0.25, 0.3) is 5.91 Å². The average molecular weight is 340 g/mol. The molecule has 132 valence electrons. The third-order valence-corrected chi connectivity index (χ3v) is 3.87. The van der Waals surface area contributed by atoms with Gasteiger partial charge in [-0.05, 0) is 29.7 Å². The van der Waals surface area contributed by atoms with E-state index in [9.17, 15) is 9.59 Å². The molecule has 0 spiro atoms. The Kier molecular flexibility index (Phi) is 6.98. The molecule has 0 saturated carbocycles. The van der Waals surface area contributed by atoms with E-state index in [1.165, 1.54) is 5.56 Å². The predicted molar refractivity (Wildman–Crippen MR) is 98.0 cm³/mol. The summed E-state index contributed by atoms with van der Waals surface area (Å²) in [6.45, 7) is 1.88. The molecule has 0 fully saturated rings. The molecular weight excluding hydrogens is 316 g/mol. The smallest absolute Gasteiger partial charge is 0.312 e. The molecule has 25 heavy (non-hydrogen) atoms. The molecular formula is C19H24N4O2. The van der Waals surface area contributed by atoms with Gasteiger partial charge in [-0.2, -0.15) is 0 Å². The number of nitrogens with one attached hydrogen (secondary N) is 1. The summed E-state index contributed by atoms with van der Waals surface area (Å²) in [5, 5.41) is 2.52. The Morgan fingerprint density at radius 1 is 0.920 bits per heavy atom. The lowest BCUT2D eigenvalue weighted by Gasteiger charge is -2.22. The van der Waals surface area contributed by atoms with Crippen LogP contribution in [0.15, 0.2) is 54.6 Å². The molecule has 3 amide bonds. The van der Waals surface area contributed by atoms with Crippen LogP contribution in [0.25, 0.3) is 0 Å². The van der Waals surface area contributed by atoms with Crippen LogP contribution in [-0.4, -0.2) is 36.5 Å². The maximum atomic E-state index is 12.7. The Labute approximate surface area is 147 Å². The van der Waals surface area contributed by atoms with Crippen molar-refractivity contribution in [1.29, 1.82) is 0 Å². The van der Waals surface area contributed by atoms with Crippen LogP contribution in [-0.2, 0) is 13.0 Å². The minimum Gasteiger partial charge on any atom is -0.352 e. The van der Waals surface area contributed by atoms with E-state index in [1.807, 2.05) is 30.3 Å². The van der Waals surface area contributed by atoms with Gasteiger partial charge in [-0.25, -0.2) is 4.79 Å². The molecule has 2 aromatic rings. The fourth-order valence-corrected chi connectivity index (χ4v) is 2.52. The van der Waals surface area contributed by atoms with Crippen LogP contribution in [0.2, 0.25) is 0 Å². The van der Waals surface area contributed by atoms with Crippen molar-refractivity contribution in [3.63, 3.8) is 0 Å². The lowest BCUT2D eigenvalue weighted by atomic mass is 10.1. The Morgan fingerprint density at radius 2 is 1.60 bits per heavy atom. The number of hydrogen-bond acceptors (Lipinski definition) is 3. The number of urea groups is 1. The molecule has 0 bridgehead atoms. The van der Waals surface area contributed by atoms with E-state index in [-0.39, 0.29) is 5.91 Å². The van der Waals surface area contributed by atoms with Gasteiger partial charge in [-0.15, -0.1) is 0 Å². The number of hydrogen-bond donors (Lipinski definition) is 3. The first-order valence-corrected chi connectivity index (χ1v) is 8.25. The highest BCUT2D eigenvalue weighted by Crippen LogP contribution is 2.09. The fourth-order valence-electron chi connectivity index (χ4n) is 2.52. The van der Waals surface area contributed by atoms with E-state index in [2.05, 4.69) is 5.32 Å². The lowest BCUT2D eigenvalue weighted by Crippen LogP contribution is -2.37. The largest absolute Gasteiger partial charge is 0.352 e. The summed E-state index contributed by atoms with van der Waals surface area (Å²) in [4.78, 5) is 25.2. The number of primary amides is 1. The number of carbonyl (C=O) groups excluding carboxylic acids is 2. The van der Waals surface area contributed by atoms with E-state index in [0.29, 0.717) is 31.7 Å². The number of amides is 3. The molecule has 0 aliphatic heterocycles. The zero-order valence-corrected chi connectivity index (χ0v) is 14.2. The monoisotopic (exact) mass is 340 g/mol. The first-order chi connectivity index (χ1) is 12.1. The summed E-state index contributed by atoms with van der Waals surface area (Å²) < 4.78 is 0. The van der Waals surface area contributed by atoms with Crippen LogP contribution >= 0.6 is 0 Å². The Bertz CT molecular complexity index is 686. The third kappa shape index (κ3) is 5.93. The first-order valence-electron chi connectivity index (χ1n) is 8.25. The van der Waals surface area contributed by atoms with E-state index < -0.39 is 6.03 Å². The Balaban J connectivity index is 1.99. The molecule has 5 N–H and O–H groups in total. The van der Waals surface area contributed by atoms with E-state index in [1.54, 1.807) is 29.2 Å². The third-order valence-electron chi connectivity index (χ3n) is 3.87. The molecule has 0 unspecified atom stereocenters. The molecule has 2 rings (SSSR count). The van der Waals surface area contributed by atoms with Crippen molar-refractivity contribution in [2.24, 2.45) is 11.5 Å². The number of nitrogens with zero attached hydrogens (tertiary/aromatic N) is 1. The summed E-state index contributed by atoms with van der Waals surface area (Å²) in [6.07, 6.45) is 0.785. The molecule has 0 heterocycles. The fraction of sp³-hybridized carbons (Fsp3) is 0.263. The quantitative estimate of drug-likeness (QED) is 0.678. The summed E-state index contributed by atoms with van der Waals surface area (Å²) in [6, 6.07) is 16.6. The highest BCUT2D eigenvalue weighted by molar-refractivity contribution is 5.94. The van der Waals surface area contributed by atoms with Crippen LogP contribution in [0, 0.1) is 0 Å². The van der Waals surface area contributed by atoms with Gasteiger partial charge in [-0.3, -0.25) is 4.79 Å². The number of benzene rings is 2. The van der Waals surface area contributed by atoms with Crippen molar-refractivity contribution >= 4 is 11.9 Å². The van der Waals surface area contributed by atoms with Crippen LogP contribution in [0.3, 0.4) is 0 Å². The van der Waals surface area contributed by atoms with Gasteiger partial charge < -0.3 is 21.7 Å². The van der Waals surface area contributed by atoms with Gasteiger partial charge in [0.2, 0.25) is 0 Å². The Morgan fingerprint density at radius 3 is 2.20 bits per heavy atom. The van der Waals surface area contributed by atoms with Gasteiger partial charge in [0.1, 0.15) is 0 Å². The second kappa shape index (κ2) is 9.44. The maximum absolute atomic E-state index is 12.7. The maximum Gasteiger partial charge on any atom is 0.312 e. The van der Waals surface area contributed by atoms with Gasteiger partial charge in [0, 0.05) is 31.7 Å². The zero-order chi connectivity index (χ0) is 18.1. The van der Waals surface area contributed by atoms with Crippen LogP contribution in [0.1, 0.15) is 21.5 Å². The molecule has 0 atom stereocenters. The second-order valence-corrected chi connectivity index (χ2v) is 5.73. The minimum absolute atomic E-state index is 0.0456. The van der Waals surface area contributed by atoms with Crippen LogP contribution in [0.4, 0.5) is 4.79 Å². The molecule has 0 aromatic heterocycles. The van der Waals surface area contributed by atoms with Crippen molar-refractivity contribution < 1.29 is 9.59 Å². The summed E-state index contributed by atoms with van der Waals surface area (Å²) in [5.41, 5.74) is 13.4. The number of rotatable bonds is 8. The van der Waals surface area contributed by atoms with Crippen molar-refractivity contribution in [2.45, 2.75) is 13.0 Å². The summed E-state index contributed by atoms with van der Waals surface area (Å²) in [7, 11) is 0. The molecule has 0 saturated heterocycles. The topological polar surface area (TPSA) is 101 Å². The second-order valence-electron chi connectivity index (χ2n) is 5.73. The highest BCUT2D eigenvalue weighted by atomic mass is 16.2. The average Bonchev–Trinajstić information content (AvgIpc) is 2.64. The van der Waals surface area contributed by atoms with E-state index in [4.69, 9.17) is 11.5 Å². The standard InChI is InChI=1S/C19H24N4O2/c20-11-13-23(12-10-15-4-2-1-3-5-15)18(24)17-8-6-16(7-9-17)14-22-19(21)25/h1-9H,10-14,20H2,(H3,21,22,25). The Hall–Kier alpha value is -2.86. The lowest BCUT2D eigenvalue weighted by molar-refractivity contribution is 0.0762. The van der Waals surface area contributed by atoms with Gasteiger partial charge in [0.15, 0.2) is 0 Å². The summed E-state index contributed by atoms with van der Waals surface area (Å²) >= 11 is 0. The molecule has 2 aromatic carbocycles. The molecule has 6 nitrogen and oxygen atoms in total. The summed E-state index contributed by atoms with van der Waals surface area (Å²) in [5.74, 6) is -0.0456. The van der Waals surface area contributed by atoms with E-state index in [0.717, 1.165) is 12.0 Å². The van der Waals surface area contributed by atoms with Gasteiger partial charge in [0.05, 0.1) is 0 Å². The van der Waals surface area contributed by atoms with Crippen molar-refractivity contribution in [3.8, 4) is 0 Å². The molecule has 6 heteroatoms. The van der Waals surface area contributed by atoms with Gasteiger partial charge in [-0.1, -0.05) is 42.5 Å². The SMILES string of the molecule is NCCN(CCc1ccccc1)C(=O)c1ccc(CNC(N)=O)cc1. The van der Waals surface area contributed by atoms with Crippen LogP contribution in [0.5, 0.6) is 0 Å². The number of carbonyl (C=O) groups is 2. The van der Waals surface area contributed by atoms with Crippen molar-refractivity contribution in [1.82, 2.24) is 10.2 Å². The van der Waals surface area contributed by atoms with Crippen molar-refractivity contribution in [2.75, 3.05) is 19.6 Å². The normalized spacial score (nSPS) is 10.3. The number of nitrogens with two attached hydrogens (primary N) is 2. The molecule has 0 aliphatic rings. The van der Waals surface area contributed by atoms with Crippen LogP contribution < -0.4 is 16.8 Å². The minimum atomic E-state index is -0.574. The van der Waals surface area contributed by atoms with Crippen molar-refractivity contribution in [3.05, 3.63) is 71.3 Å². The van der Waals surface area contributed by atoms with Gasteiger partial charge >= 0.3 is 6.03 Å². The predicted octanol–water partition coefficient (Wildman–Crippen LogP) is 1.50. The molecule has 0 aliphatic carbocycles. The van der Waals surface area contributed by atoms with E-state index >= 15 is 0 Å². The zero-order valence-electron chi connectivity index (χ0n) is 14.2. The highest BCUT2D eigenvalue weighted by Gasteiger charge is 2.15.